The molecule has 0 aliphatic carbocycles. The van der Waals surface area contributed by atoms with Crippen LogP contribution in [-0.2, 0) is 16.8 Å². The molecule has 0 unspecified atom stereocenters. The number of fused-ring (bicyclic) bond motifs is 6. The van der Waals surface area contributed by atoms with Gasteiger partial charge in [-0.1, -0.05) is 29.8 Å². The monoisotopic (exact) mass is 629 g/mol. The number of aromatic nitrogens is 3. The van der Waals surface area contributed by atoms with E-state index in [4.69, 9.17) is 14.1 Å². The maximum absolute atomic E-state index is 14.7. The first kappa shape index (κ1) is 28.5. The Kier molecular flexibility index (Phi) is 6.41. The van der Waals surface area contributed by atoms with Gasteiger partial charge in [-0.25, -0.2) is 27.2 Å². The lowest BCUT2D eigenvalue weighted by molar-refractivity contribution is 0.0964. The second-order valence-corrected chi connectivity index (χ2v) is 12.8. The fraction of sp³-hybridized carbons (Fsp3) is 0.156. The Labute approximate surface area is 255 Å². The molecule has 13 heteroatoms. The van der Waals surface area contributed by atoms with Crippen molar-refractivity contribution in [3.8, 4) is 39.8 Å². The minimum absolute atomic E-state index is 0.0277. The highest BCUT2D eigenvalue weighted by Gasteiger charge is 2.29. The highest BCUT2D eigenvalue weighted by molar-refractivity contribution is 7.92. The molecule has 3 aromatic heterocycles. The van der Waals surface area contributed by atoms with Gasteiger partial charge in [0.05, 0.1) is 34.9 Å². The van der Waals surface area contributed by atoms with Gasteiger partial charge in [-0.2, -0.15) is 0 Å². The van der Waals surface area contributed by atoms with Crippen LogP contribution >= 0.6 is 0 Å². The van der Waals surface area contributed by atoms with Crippen molar-refractivity contribution in [2.24, 2.45) is 0 Å². The number of carbonyl (C=O) groups excluding carboxylic acids is 1. The van der Waals surface area contributed by atoms with Gasteiger partial charge in [-0.05, 0) is 31.2 Å². The van der Waals surface area contributed by atoms with E-state index < -0.39 is 27.6 Å². The van der Waals surface area contributed by atoms with Crippen LogP contribution in [0.4, 0.5) is 14.5 Å². The lowest BCUT2D eigenvalue weighted by atomic mass is 10.0. The molecule has 0 atom stereocenters. The average Bonchev–Trinajstić information content (AvgIpc) is 3.60. The van der Waals surface area contributed by atoms with E-state index in [1.165, 1.54) is 38.5 Å². The van der Waals surface area contributed by atoms with Crippen LogP contribution < -0.4 is 14.4 Å². The van der Waals surface area contributed by atoms with Crippen LogP contribution in [0.1, 0.15) is 15.9 Å². The molecule has 228 valence electrons. The number of rotatable bonds is 5. The molecule has 6 aromatic rings. The van der Waals surface area contributed by atoms with Crippen molar-refractivity contribution in [1.82, 2.24) is 19.9 Å². The molecular formula is C32H25F2N5O5S. The van der Waals surface area contributed by atoms with Crippen molar-refractivity contribution >= 4 is 43.5 Å². The lowest BCUT2D eigenvalue weighted by Gasteiger charge is -2.22. The predicted octanol–water partition coefficient (Wildman–Crippen LogP) is 5.87. The maximum atomic E-state index is 14.7. The van der Waals surface area contributed by atoms with E-state index in [2.05, 4.69) is 10.3 Å². The Hall–Kier alpha value is -5.30. The van der Waals surface area contributed by atoms with Gasteiger partial charge in [-0.15, -0.1) is 0 Å². The molecule has 1 aliphatic rings. The summed E-state index contributed by atoms with van der Waals surface area (Å²) in [6, 6.07) is 14.6. The third kappa shape index (κ3) is 4.49. The summed E-state index contributed by atoms with van der Waals surface area (Å²) >= 11 is 0. The van der Waals surface area contributed by atoms with E-state index in [1.54, 1.807) is 10.6 Å². The summed E-state index contributed by atoms with van der Waals surface area (Å²) in [5, 5.41) is 3.14. The van der Waals surface area contributed by atoms with Gasteiger partial charge in [0.2, 0.25) is 10.0 Å². The number of nitrogens with zero attached hydrogens (tertiary/aromatic N) is 4. The number of sulfonamides is 1. The topological polar surface area (TPSA) is 120 Å². The fourth-order valence-electron chi connectivity index (χ4n) is 5.54. The Bertz CT molecular complexity index is 2310. The summed E-state index contributed by atoms with van der Waals surface area (Å²) in [4.78, 5) is 22.5. The molecule has 45 heavy (non-hydrogen) atoms. The van der Waals surface area contributed by atoms with Crippen molar-refractivity contribution in [2.75, 3.05) is 24.7 Å². The zero-order valence-electron chi connectivity index (χ0n) is 24.5. The minimum atomic E-state index is -3.78. The Balaban J connectivity index is 1.49. The zero-order chi connectivity index (χ0) is 31.8. The van der Waals surface area contributed by atoms with Crippen LogP contribution in [0, 0.1) is 18.6 Å². The molecule has 1 N–H and O–H groups in total. The van der Waals surface area contributed by atoms with E-state index in [0.29, 0.717) is 39.4 Å². The first-order chi connectivity index (χ1) is 21.5. The molecule has 0 saturated heterocycles. The Morgan fingerprint density at radius 2 is 1.82 bits per heavy atom. The van der Waals surface area contributed by atoms with E-state index in [1.807, 2.05) is 31.2 Å². The lowest BCUT2D eigenvalue weighted by Crippen LogP contribution is -2.25. The smallest absolute Gasteiger partial charge is 0.255 e. The molecule has 3 aromatic carbocycles. The number of anilines is 1. The van der Waals surface area contributed by atoms with Gasteiger partial charge in [-0.3, -0.25) is 9.10 Å². The first-order valence-corrected chi connectivity index (χ1v) is 15.6. The first-order valence-electron chi connectivity index (χ1n) is 13.8. The molecule has 10 nitrogen and oxygen atoms in total. The van der Waals surface area contributed by atoms with Gasteiger partial charge in [0.25, 0.3) is 5.91 Å². The molecular weight excluding hydrogens is 604 g/mol. The predicted molar refractivity (Wildman–Crippen MR) is 166 cm³/mol. The van der Waals surface area contributed by atoms with E-state index in [9.17, 15) is 22.0 Å². The maximum Gasteiger partial charge on any atom is 0.255 e. The van der Waals surface area contributed by atoms with Crippen molar-refractivity contribution in [2.45, 2.75) is 13.7 Å². The van der Waals surface area contributed by atoms with Gasteiger partial charge in [0.15, 0.2) is 29.9 Å². The average molecular weight is 630 g/mol. The number of halogens is 2. The molecule has 1 amide bonds. The molecule has 0 fully saturated rings. The summed E-state index contributed by atoms with van der Waals surface area (Å²) in [5.74, 6) is -1.64. The van der Waals surface area contributed by atoms with Crippen LogP contribution in [0.5, 0.6) is 5.75 Å². The van der Waals surface area contributed by atoms with Gasteiger partial charge >= 0.3 is 0 Å². The zero-order valence-corrected chi connectivity index (χ0v) is 25.3. The molecule has 0 saturated carbocycles. The minimum Gasteiger partial charge on any atom is -0.469 e. The molecule has 0 spiro atoms. The number of carbonyl (C=O) groups is 1. The number of amides is 1. The van der Waals surface area contributed by atoms with Crippen LogP contribution in [0.15, 0.2) is 65.2 Å². The Morgan fingerprint density at radius 3 is 2.53 bits per heavy atom. The number of nitrogens with one attached hydrogen (secondary N) is 1. The van der Waals surface area contributed by atoms with Gasteiger partial charge in [0.1, 0.15) is 17.0 Å². The van der Waals surface area contributed by atoms with Crippen molar-refractivity contribution < 1.29 is 31.1 Å². The van der Waals surface area contributed by atoms with Crippen LogP contribution in [0.3, 0.4) is 0 Å². The second-order valence-electron chi connectivity index (χ2n) is 10.8. The van der Waals surface area contributed by atoms with Gasteiger partial charge in [0, 0.05) is 42.1 Å². The summed E-state index contributed by atoms with van der Waals surface area (Å²) in [6.45, 7) is 1.97. The second kappa shape index (κ2) is 10.1. The van der Waals surface area contributed by atoms with E-state index >= 15 is 0 Å². The number of furan rings is 1. The normalized spacial score (nSPS) is 12.6. The Morgan fingerprint density at radius 1 is 1.07 bits per heavy atom. The van der Waals surface area contributed by atoms with Crippen molar-refractivity contribution in [1.29, 1.82) is 0 Å². The number of ether oxygens (including phenoxy) is 1. The molecule has 0 radical (unpaired) electrons. The number of aryl methyl sites for hydroxylation is 1. The summed E-state index contributed by atoms with van der Waals surface area (Å²) < 4.78 is 69.2. The third-order valence-electron chi connectivity index (χ3n) is 7.97. The summed E-state index contributed by atoms with van der Waals surface area (Å²) in [7, 11) is -0.881. The third-order valence-corrected chi connectivity index (χ3v) is 9.16. The van der Waals surface area contributed by atoms with Crippen molar-refractivity contribution in [3.63, 3.8) is 0 Å². The van der Waals surface area contributed by atoms with Crippen LogP contribution in [0.25, 0.3) is 56.0 Å². The van der Waals surface area contributed by atoms with Gasteiger partial charge < -0.3 is 19.0 Å². The fourth-order valence-corrected chi connectivity index (χ4v) is 6.05. The largest absolute Gasteiger partial charge is 0.469 e. The van der Waals surface area contributed by atoms with Crippen LogP contribution in [0.2, 0.25) is 0 Å². The standard InChI is InChI=1S/C32H25F2N5O5S/c1-16-5-7-17(8-6-16)30-27(32(40)35-2)20-11-19(23(13-25(20)44-30)38(3)45(4,41)42)31-36-14-26-29(37-31)24-12-18-22(39(24)15-43-26)10-9-21(33)28(18)34/h5-14H,15H2,1-4H3,(H,35,40). The molecule has 7 rings (SSSR count). The van der Waals surface area contributed by atoms with E-state index in [0.717, 1.165) is 22.2 Å². The molecule has 0 bridgehead atoms. The summed E-state index contributed by atoms with van der Waals surface area (Å²) in [6.07, 6.45) is 2.50. The van der Waals surface area contributed by atoms with Crippen LogP contribution in [-0.4, -0.2) is 49.2 Å². The summed E-state index contributed by atoms with van der Waals surface area (Å²) in [5.41, 5.74) is 3.88. The number of benzene rings is 3. The molecule has 1 aliphatic heterocycles. The van der Waals surface area contributed by atoms with E-state index in [-0.39, 0.29) is 40.3 Å². The molecule has 4 heterocycles. The number of hydrogen-bond acceptors (Lipinski definition) is 7. The highest BCUT2D eigenvalue weighted by Crippen LogP contribution is 2.43. The van der Waals surface area contributed by atoms with Crippen molar-refractivity contribution in [3.05, 3.63) is 83.6 Å². The number of hydrogen-bond donors (Lipinski definition) is 1. The highest BCUT2D eigenvalue weighted by atomic mass is 32.2. The quantitative estimate of drug-likeness (QED) is 0.253. The SMILES string of the molecule is CNC(=O)c1c(-c2ccc(C)cc2)oc2cc(N(C)S(C)(=O)=O)c(-c3ncc4c(n3)-c3cc5c(F)c(F)ccc5n3CO4)cc12.